The van der Waals surface area contributed by atoms with E-state index in [0.29, 0.717) is 23.2 Å². The van der Waals surface area contributed by atoms with Crippen LogP contribution in [0, 0.1) is 5.92 Å². The van der Waals surface area contributed by atoms with Crippen LogP contribution in [0.25, 0.3) is 0 Å². The van der Waals surface area contributed by atoms with Gasteiger partial charge in [-0.15, -0.1) is 0 Å². The van der Waals surface area contributed by atoms with E-state index in [0.717, 1.165) is 25.9 Å². The summed E-state index contributed by atoms with van der Waals surface area (Å²) in [4.78, 5) is 15.7. The minimum atomic E-state index is 0.0426. The van der Waals surface area contributed by atoms with Gasteiger partial charge in [0.25, 0.3) is 0 Å². The second kappa shape index (κ2) is 5.98. The fourth-order valence-electron chi connectivity index (χ4n) is 2.05. The number of piperidine rings is 1. The van der Waals surface area contributed by atoms with Gasteiger partial charge in [-0.2, -0.15) is 0 Å². The van der Waals surface area contributed by atoms with Crippen molar-refractivity contribution >= 4 is 23.2 Å². The summed E-state index contributed by atoms with van der Waals surface area (Å²) in [5.74, 6) is 0.488. The van der Waals surface area contributed by atoms with Crippen LogP contribution in [-0.4, -0.2) is 24.0 Å². The van der Waals surface area contributed by atoms with Gasteiger partial charge in [-0.1, -0.05) is 11.6 Å². The van der Waals surface area contributed by atoms with Crippen molar-refractivity contribution in [3.8, 4) is 0 Å². The monoisotopic (exact) mass is 253 g/mol. The van der Waals surface area contributed by atoms with Crippen molar-refractivity contribution in [2.24, 2.45) is 5.92 Å². The summed E-state index contributed by atoms with van der Waals surface area (Å²) in [5, 5.41) is 6.53. The summed E-state index contributed by atoms with van der Waals surface area (Å²) < 4.78 is 0. The van der Waals surface area contributed by atoms with Crippen molar-refractivity contribution in [1.29, 1.82) is 0 Å². The second-order valence-electron chi connectivity index (χ2n) is 4.33. The molecule has 17 heavy (non-hydrogen) atoms. The van der Waals surface area contributed by atoms with E-state index in [4.69, 9.17) is 11.6 Å². The SMILES string of the molecule is O=C(CC1CCCNC1)Nc1ccnc(Cl)c1. The van der Waals surface area contributed by atoms with Gasteiger partial charge < -0.3 is 10.6 Å². The summed E-state index contributed by atoms with van der Waals surface area (Å²) in [6.45, 7) is 2.00. The maximum atomic E-state index is 11.8. The molecule has 1 aliphatic rings. The smallest absolute Gasteiger partial charge is 0.224 e. The highest BCUT2D eigenvalue weighted by Gasteiger charge is 2.16. The molecule has 0 spiro atoms. The number of hydrogen-bond acceptors (Lipinski definition) is 3. The fourth-order valence-corrected chi connectivity index (χ4v) is 2.23. The third-order valence-electron chi connectivity index (χ3n) is 2.88. The average Bonchev–Trinajstić information content (AvgIpc) is 2.30. The molecule has 92 valence electrons. The van der Waals surface area contributed by atoms with E-state index < -0.39 is 0 Å². The van der Waals surface area contributed by atoms with Gasteiger partial charge in [0.15, 0.2) is 0 Å². The number of nitrogens with one attached hydrogen (secondary N) is 2. The van der Waals surface area contributed by atoms with Crippen molar-refractivity contribution in [3.05, 3.63) is 23.5 Å². The highest BCUT2D eigenvalue weighted by molar-refractivity contribution is 6.29. The number of anilines is 1. The molecular formula is C12H16ClN3O. The van der Waals surface area contributed by atoms with Gasteiger partial charge in [0.05, 0.1) is 0 Å². The van der Waals surface area contributed by atoms with E-state index in [1.165, 1.54) is 0 Å². The number of pyridine rings is 1. The van der Waals surface area contributed by atoms with E-state index in [1.54, 1.807) is 18.3 Å². The molecule has 0 aliphatic carbocycles. The van der Waals surface area contributed by atoms with Gasteiger partial charge in [-0.25, -0.2) is 4.98 Å². The van der Waals surface area contributed by atoms with Crippen LogP contribution in [0.5, 0.6) is 0 Å². The first-order valence-corrected chi connectivity index (χ1v) is 6.24. The number of nitrogens with zero attached hydrogens (tertiary/aromatic N) is 1. The summed E-state index contributed by atoms with van der Waals surface area (Å²) in [5.41, 5.74) is 0.707. The number of halogens is 1. The summed E-state index contributed by atoms with van der Waals surface area (Å²) in [6, 6.07) is 3.39. The first-order chi connectivity index (χ1) is 8.24. The Hall–Kier alpha value is -1.13. The Labute approximate surface area is 106 Å². The minimum absolute atomic E-state index is 0.0426. The van der Waals surface area contributed by atoms with Gasteiger partial charge in [-0.05, 0) is 44.0 Å². The topological polar surface area (TPSA) is 54.0 Å². The second-order valence-corrected chi connectivity index (χ2v) is 4.72. The molecule has 1 unspecified atom stereocenters. The standard InChI is InChI=1S/C12H16ClN3O/c13-11-7-10(3-5-15-11)16-12(17)6-9-2-1-4-14-8-9/h3,5,7,9,14H,1-2,4,6,8H2,(H,15,16,17). The van der Waals surface area contributed by atoms with E-state index in [-0.39, 0.29) is 5.91 Å². The maximum absolute atomic E-state index is 11.8. The summed E-state index contributed by atoms with van der Waals surface area (Å²) >= 11 is 5.75. The molecular weight excluding hydrogens is 238 g/mol. The third kappa shape index (κ3) is 3.98. The quantitative estimate of drug-likeness (QED) is 0.811. The molecule has 1 aromatic heterocycles. The summed E-state index contributed by atoms with van der Waals surface area (Å²) in [6.07, 6.45) is 4.42. The lowest BCUT2D eigenvalue weighted by Gasteiger charge is -2.22. The molecule has 2 heterocycles. The van der Waals surface area contributed by atoms with Crippen molar-refractivity contribution in [2.45, 2.75) is 19.3 Å². The predicted octanol–water partition coefficient (Wildman–Crippen LogP) is 2.06. The predicted molar refractivity (Wildman–Crippen MR) is 68.1 cm³/mol. The molecule has 1 fully saturated rings. The van der Waals surface area contributed by atoms with Crippen LogP contribution in [0.4, 0.5) is 5.69 Å². The van der Waals surface area contributed by atoms with E-state index in [1.807, 2.05) is 0 Å². The van der Waals surface area contributed by atoms with E-state index in [9.17, 15) is 4.79 Å². The van der Waals surface area contributed by atoms with E-state index >= 15 is 0 Å². The fraction of sp³-hybridized carbons (Fsp3) is 0.500. The van der Waals surface area contributed by atoms with Crippen molar-refractivity contribution in [1.82, 2.24) is 10.3 Å². The normalized spacial score (nSPS) is 19.9. The van der Waals surface area contributed by atoms with Crippen molar-refractivity contribution in [2.75, 3.05) is 18.4 Å². The van der Waals surface area contributed by atoms with E-state index in [2.05, 4.69) is 15.6 Å². The lowest BCUT2D eigenvalue weighted by Crippen LogP contribution is -2.32. The Morgan fingerprint density at radius 2 is 2.53 bits per heavy atom. The molecule has 0 saturated carbocycles. The number of amides is 1. The van der Waals surface area contributed by atoms with Gasteiger partial charge >= 0.3 is 0 Å². The van der Waals surface area contributed by atoms with Crippen molar-refractivity contribution < 1.29 is 4.79 Å². The highest BCUT2D eigenvalue weighted by atomic mass is 35.5. The van der Waals surface area contributed by atoms with Crippen molar-refractivity contribution in [3.63, 3.8) is 0 Å². The number of hydrogen-bond donors (Lipinski definition) is 2. The Balaban J connectivity index is 1.84. The molecule has 0 aromatic carbocycles. The largest absolute Gasteiger partial charge is 0.326 e. The molecule has 2 N–H and O–H groups in total. The number of carbonyl (C=O) groups excluding carboxylic acids is 1. The van der Waals surface area contributed by atoms with Crippen LogP contribution in [0.2, 0.25) is 5.15 Å². The van der Waals surface area contributed by atoms with Gasteiger partial charge in [0.2, 0.25) is 5.91 Å². The van der Waals surface area contributed by atoms with Gasteiger partial charge in [0.1, 0.15) is 5.15 Å². The minimum Gasteiger partial charge on any atom is -0.326 e. The molecule has 1 aromatic rings. The van der Waals surface area contributed by atoms with Crippen LogP contribution < -0.4 is 10.6 Å². The first-order valence-electron chi connectivity index (χ1n) is 5.86. The Bertz CT molecular complexity index is 391. The van der Waals surface area contributed by atoms with Gasteiger partial charge in [0, 0.05) is 18.3 Å². The highest BCUT2D eigenvalue weighted by Crippen LogP contribution is 2.16. The molecule has 1 saturated heterocycles. The molecule has 0 radical (unpaired) electrons. The molecule has 2 rings (SSSR count). The lowest BCUT2D eigenvalue weighted by molar-refractivity contribution is -0.117. The molecule has 1 aliphatic heterocycles. The molecule has 4 nitrogen and oxygen atoms in total. The Morgan fingerprint density at radius 1 is 1.65 bits per heavy atom. The summed E-state index contributed by atoms with van der Waals surface area (Å²) in [7, 11) is 0. The average molecular weight is 254 g/mol. The van der Waals surface area contributed by atoms with Crippen LogP contribution in [0.3, 0.4) is 0 Å². The Kier molecular flexibility index (Phi) is 4.34. The van der Waals surface area contributed by atoms with Crippen LogP contribution in [0.1, 0.15) is 19.3 Å². The molecule has 0 bridgehead atoms. The first kappa shape index (κ1) is 12.3. The molecule has 1 amide bonds. The zero-order chi connectivity index (χ0) is 12.1. The maximum Gasteiger partial charge on any atom is 0.224 e. The zero-order valence-corrected chi connectivity index (χ0v) is 10.3. The van der Waals surface area contributed by atoms with Gasteiger partial charge in [-0.3, -0.25) is 4.79 Å². The molecule has 5 heteroatoms. The van der Waals surface area contributed by atoms with Crippen LogP contribution in [-0.2, 0) is 4.79 Å². The van der Waals surface area contributed by atoms with Crippen LogP contribution in [0.15, 0.2) is 18.3 Å². The number of aromatic nitrogens is 1. The Morgan fingerprint density at radius 3 is 3.24 bits per heavy atom. The third-order valence-corrected chi connectivity index (χ3v) is 3.09. The number of rotatable bonds is 3. The van der Waals surface area contributed by atoms with Crippen LogP contribution >= 0.6 is 11.6 Å². The zero-order valence-electron chi connectivity index (χ0n) is 9.58. The number of carbonyl (C=O) groups is 1. The molecule has 1 atom stereocenters. The lowest BCUT2D eigenvalue weighted by atomic mass is 9.96.